The zero-order valence-electron chi connectivity index (χ0n) is 34.4. The molecule has 0 radical (unpaired) electrons. The average molecular weight is 817 g/mol. The van der Waals surface area contributed by atoms with E-state index >= 15 is 8.78 Å². The van der Waals surface area contributed by atoms with Crippen molar-refractivity contribution in [2.45, 2.75) is 0 Å². The third-order valence-electron chi connectivity index (χ3n) is 14.0. The van der Waals surface area contributed by atoms with Crippen LogP contribution in [0.2, 0.25) is 0 Å². The van der Waals surface area contributed by atoms with Crippen molar-refractivity contribution < 1.29 is 8.78 Å². The highest BCUT2D eigenvalue weighted by Gasteiger charge is 2.34. The van der Waals surface area contributed by atoms with Crippen LogP contribution in [0.3, 0.4) is 0 Å². The molecule has 0 fully saturated rings. The fourth-order valence-electron chi connectivity index (χ4n) is 11.6. The number of fused-ring (bicyclic) bond motifs is 11. The van der Waals surface area contributed by atoms with Crippen molar-refractivity contribution in [3.8, 4) is 89.0 Å². The van der Waals surface area contributed by atoms with Crippen molar-refractivity contribution in [1.82, 2.24) is 0 Å². The Morgan fingerprint density at radius 2 is 0.500 bits per heavy atom. The van der Waals surface area contributed by atoms with E-state index in [1.54, 1.807) is 12.1 Å². The molecule has 0 aliphatic heterocycles. The summed E-state index contributed by atoms with van der Waals surface area (Å²) in [5.41, 5.74) is 17.7. The van der Waals surface area contributed by atoms with Gasteiger partial charge in [-0.2, -0.15) is 0 Å². The lowest BCUT2D eigenvalue weighted by Gasteiger charge is -2.24. The maximum Gasteiger partial charge on any atom is 0.131 e. The smallest absolute Gasteiger partial charge is 0.131 e. The Morgan fingerprint density at radius 3 is 0.875 bits per heavy atom. The van der Waals surface area contributed by atoms with Gasteiger partial charge in [0, 0.05) is 21.5 Å². The van der Waals surface area contributed by atoms with Crippen molar-refractivity contribution in [3.05, 3.63) is 218 Å². The molecule has 0 aromatic heterocycles. The zero-order chi connectivity index (χ0) is 42.2. The Labute approximate surface area is 368 Å². The molecule has 2 aliphatic carbocycles. The summed E-state index contributed by atoms with van der Waals surface area (Å²) >= 11 is 0. The van der Waals surface area contributed by atoms with Crippen LogP contribution in [-0.2, 0) is 0 Å². The Hall–Kier alpha value is -8.20. The van der Waals surface area contributed by atoms with E-state index in [4.69, 9.17) is 0 Å². The minimum Gasteiger partial charge on any atom is -0.206 e. The fourth-order valence-corrected chi connectivity index (χ4v) is 11.6. The Morgan fingerprint density at radius 1 is 0.188 bits per heavy atom. The molecule has 0 saturated carbocycles. The summed E-state index contributed by atoms with van der Waals surface area (Å²) in [6, 6.07) is 71.6. The van der Waals surface area contributed by atoms with Crippen LogP contribution in [-0.4, -0.2) is 0 Å². The second kappa shape index (κ2) is 13.2. The third-order valence-corrected chi connectivity index (χ3v) is 14.0. The molecule has 2 heteroatoms. The standard InChI is InChI=1S/C62H34F2/c63-49-33-31-47-55-41(49)23-13-25-43(55)59-51(35-15-5-1-6-16-35)45-29-27-40-39(57(45)53(61(47)59)37-19-9-3-10-20-37)28-30-46-52(36-17-7-2-8-18-36)60-44-26-14-24-42-50(64)34-32-48(56(42)44)62(60)54(58(40)46)38-21-11-4-12-22-38/h1-34H. The normalized spacial score (nSPS) is 12.2. The Bertz CT molecular complexity index is 3720. The van der Waals surface area contributed by atoms with Crippen LogP contribution < -0.4 is 0 Å². The molecular formula is C62H34F2. The van der Waals surface area contributed by atoms with Gasteiger partial charge in [-0.1, -0.05) is 194 Å². The van der Waals surface area contributed by atoms with Crippen LogP contribution in [0.15, 0.2) is 206 Å². The predicted octanol–water partition coefficient (Wildman–Crippen LogP) is 17.7. The first-order valence-electron chi connectivity index (χ1n) is 21.9. The summed E-state index contributed by atoms with van der Waals surface area (Å²) < 4.78 is 31.7. The molecule has 0 spiro atoms. The quantitative estimate of drug-likeness (QED) is 0.155. The summed E-state index contributed by atoms with van der Waals surface area (Å²) in [5, 5.41) is 10.0. The molecule has 0 saturated heterocycles. The third kappa shape index (κ3) is 4.64. The summed E-state index contributed by atoms with van der Waals surface area (Å²) in [6.07, 6.45) is 0. The second-order valence-electron chi connectivity index (χ2n) is 17.2. The van der Waals surface area contributed by atoms with Crippen molar-refractivity contribution in [2.75, 3.05) is 0 Å². The maximum atomic E-state index is 15.9. The lowest BCUT2D eigenvalue weighted by molar-refractivity contribution is 0.639. The summed E-state index contributed by atoms with van der Waals surface area (Å²) in [4.78, 5) is 0. The summed E-state index contributed by atoms with van der Waals surface area (Å²) in [6.45, 7) is 0. The Kier molecular flexibility index (Phi) is 7.28. The van der Waals surface area contributed by atoms with Crippen molar-refractivity contribution in [3.63, 3.8) is 0 Å². The van der Waals surface area contributed by atoms with Gasteiger partial charge in [-0.05, 0) is 133 Å². The number of benzene rings is 12. The van der Waals surface area contributed by atoms with Crippen LogP contribution in [0.5, 0.6) is 0 Å². The molecule has 12 aromatic carbocycles. The van der Waals surface area contributed by atoms with Crippen molar-refractivity contribution in [1.29, 1.82) is 0 Å². The number of halogens is 2. The molecule has 0 heterocycles. The average Bonchev–Trinajstić information content (AvgIpc) is 3.86. The van der Waals surface area contributed by atoms with Crippen LogP contribution in [0.4, 0.5) is 8.78 Å². The molecule has 0 atom stereocenters. The monoisotopic (exact) mass is 816 g/mol. The predicted molar refractivity (Wildman–Crippen MR) is 264 cm³/mol. The molecule has 14 rings (SSSR count). The van der Waals surface area contributed by atoms with E-state index in [0.29, 0.717) is 10.8 Å². The van der Waals surface area contributed by atoms with Gasteiger partial charge >= 0.3 is 0 Å². The minimum absolute atomic E-state index is 0.215. The topological polar surface area (TPSA) is 0 Å². The zero-order valence-corrected chi connectivity index (χ0v) is 34.4. The molecule has 0 amide bonds. The van der Waals surface area contributed by atoms with Crippen molar-refractivity contribution in [2.24, 2.45) is 0 Å². The van der Waals surface area contributed by atoms with E-state index in [0.717, 1.165) is 132 Å². The van der Waals surface area contributed by atoms with Crippen LogP contribution in [0.1, 0.15) is 0 Å². The fraction of sp³-hybridized carbons (Fsp3) is 0. The molecule has 0 nitrogen and oxygen atoms in total. The number of rotatable bonds is 4. The van der Waals surface area contributed by atoms with Gasteiger partial charge in [0.15, 0.2) is 0 Å². The molecule has 12 aromatic rings. The number of hydrogen-bond acceptors (Lipinski definition) is 0. The van der Waals surface area contributed by atoms with E-state index in [2.05, 4.69) is 158 Å². The molecule has 0 bridgehead atoms. The summed E-state index contributed by atoms with van der Waals surface area (Å²) in [5.74, 6) is -0.429. The van der Waals surface area contributed by atoms with Crippen LogP contribution in [0, 0.1) is 11.6 Å². The van der Waals surface area contributed by atoms with Crippen LogP contribution >= 0.6 is 0 Å². The first-order chi connectivity index (χ1) is 31.7. The molecule has 64 heavy (non-hydrogen) atoms. The van der Waals surface area contributed by atoms with Gasteiger partial charge in [-0.3, -0.25) is 0 Å². The Balaban J connectivity index is 1.25. The highest BCUT2D eigenvalue weighted by Crippen LogP contribution is 2.62. The van der Waals surface area contributed by atoms with Gasteiger partial charge in [-0.25, -0.2) is 8.78 Å². The van der Waals surface area contributed by atoms with Gasteiger partial charge in [-0.15, -0.1) is 0 Å². The van der Waals surface area contributed by atoms with Crippen LogP contribution in [0.25, 0.3) is 143 Å². The molecule has 296 valence electrons. The van der Waals surface area contributed by atoms with E-state index in [-0.39, 0.29) is 11.6 Å². The maximum absolute atomic E-state index is 15.9. The van der Waals surface area contributed by atoms with E-state index < -0.39 is 0 Å². The van der Waals surface area contributed by atoms with Gasteiger partial charge < -0.3 is 0 Å². The largest absolute Gasteiger partial charge is 0.206 e. The highest BCUT2D eigenvalue weighted by molar-refractivity contribution is 6.36. The molecular weight excluding hydrogens is 783 g/mol. The highest BCUT2D eigenvalue weighted by atomic mass is 19.1. The lowest BCUT2D eigenvalue weighted by atomic mass is 9.78. The second-order valence-corrected chi connectivity index (χ2v) is 17.2. The first kappa shape index (κ1) is 35.4. The van der Waals surface area contributed by atoms with Gasteiger partial charge in [0.25, 0.3) is 0 Å². The number of hydrogen-bond donors (Lipinski definition) is 0. The summed E-state index contributed by atoms with van der Waals surface area (Å²) in [7, 11) is 0. The lowest BCUT2D eigenvalue weighted by Crippen LogP contribution is -1.97. The van der Waals surface area contributed by atoms with E-state index in [1.807, 2.05) is 36.4 Å². The van der Waals surface area contributed by atoms with Gasteiger partial charge in [0.1, 0.15) is 11.6 Å². The molecule has 0 N–H and O–H groups in total. The van der Waals surface area contributed by atoms with Gasteiger partial charge in [0.2, 0.25) is 0 Å². The van der Waals surface area contributed by atoms with Gasteiger partial charge in [0.05, 0.1) is 0 Å². The first-order valence-corrected chi connectivity index (χ1v) is 21.9. The van der Waals surface area contributed by atoms with E-state index in [9.17, 15) is 0 Å². The molecule has 0 unspecified atom stereocenters. The molecule has 2 aliphatic rings. The minimum atomic E-state index is -0.215. The van der Waals surface area contributed by atoms with E-state index in [1.165, 1.54) is 0 Å². The van der Waals surface area contributed by atoms with Crippen molar-refractivity contribution >= 4 is 53.9 Å². The SMILES string of the molecule is Fc1ccc2c3c(cccc13)-c1c-2c(-c2ccccc2)c2c(ccc3c2ccc2c(-c4ccccc4)c4c(c(-c5ccccc5)c23)-c2ccc(F)c3cccc-4c23)c1-c1ccccc1.